The smallest absolute Gasteiger partial charge is 0.174 e. The summed E-state index contributed by atoms with van der Waals surface area (Å²) in [7, 11) is 0. The van der Waals surface area contributed by atoms with Gasteiger partial charge < -0.3 is 4.74 Å². The van der Waals surface area contributed by atoms with Crippen molar-refractivity contribution < 1.29 is 14.3 Å². The Labute approximate surface area is 158 Å². The highest BCUT2D eigenvalue weighted by atomic mass is 16.5. The molecule has 4 rings (SSSR count). The Morgan fingerprint density at radius 2 is 1.52 bits per heavy atom. The Bertz CT molecular complexity index is 1020. The molecule has 0 fully saturated rings. The summed E-state index contributed by atoms with van der Waals surface area (Å²) in [5.74, 6) is -0.0503. The Balaban J connectivity index is 1.91. The molecule has 3 aromatic rings. The van der Waals surface area contributed by atoms with E-state index < -0.39 is 5.92 Å². The molecule has 1 aliphatic rings. The average molecular weight is 356 g/mol. The molecule has 0 N–H and O–H groups in total. The molecule has 3 heteroatoms. The number of rotatable bonds is 4. The van der Waals surface area contributed by atoms with Crippen LogP contribution in [0.25, 0.3) is 0 Å². The number of fused-ring (bicyclic) bond motifs is 2. The van der Waals surface area contributed by atoms with Crippen molar-refractivity contribution in [3.05, 3.63) is 95.1 Å². The minimum absolute atomic E-state index is 0.141. The molecule has 134 valence electrons. The quantitative estimate of drug-likeness (QED) is 0.469. The molecule has 3 aromatic carbocycles. The fourth-order valence-electron chi connectivity index (χ4n) is 3.83. The first-order chi connectivity index (χ1) is 13.1. The lowest BCUT2D eigenvalue weighted by Crippen LogP contribution is -2.31. The number of hydrogen-bond donors (Lipinski definition) is 0. The van der Waals surface area contributed by atoms with E-state index in [9.17, 15) is 9.59 Å². The molecule has 3 nitrogen and oxygen atoms in total. The van der Waals surface area contributed by atoms with Crippen LogP contribution < -0.4 is 4.74 Å². The van der Waals surface area contributed by atoms with Crippen LogP contribution in [0, 0.1) is 12.8 Å². The summed E-state index contributed by atoms with van der Waals surface area (Å²) in [6, 6.07) is 22.6. The van der Waals surface area contributed by atoms with Gasteiger partial charge in [0, 0.05) is 22.6 Å². The summed E-state index contributed by atoms with van der Waals surface area (Å²) in [5, 5.41) is 0. The van der Waals surface area contributed by atoms with Gasteiger partial charge in [-0.1, -0.05) is 66.2 Å². The van der Waals surface area contributed by atoms with Gasteiger partial charge in [0.25, 0.3) is 0 Å². The highest BCUT2D eigenvalue weighted by Crippen LogP contribution is 2.48. The van der Waals surface area contributed by atoms with Crippen LogP contribution >= 0.6 is 0 Å². The van der Waals surface area contributed by atoms with Crippen LogP contribution in [0.1, 0.15) is 39.9 Å². The third-order valence-electron chi connectivity index (χ3n) is 5.09. The van der Waals surface area contributed by atoms with E-state index in [1.165, 1.54) is 6.92 Å². The van der Waals surface area contributed by atoms with E-state index in [0.29, 0.717) is 17.1 Å². The van der Waals surface area contributed by atoms with Crippen molar-refractivity contribution in [2.24, 2.45) is 5.92 Å². The number of ether oxygens (including phenoxy) is 1. The van der Waals surface area contributed by atoms with E-state index >= 15 is 0 Å². The first kappa shape index (κ1) is 17.2. The lowest BCUT2D eigenvalue weighted by Gasteiger charge is -2.32. The molecule has 0 aromatic heterocycles. The zero-order valence-electron chi connectivity index (χ0n) is 15.3. The van der Waals surface area contributed by atoms with Gasteiger partial charge in [-0.3, -0.25) is 9.59 Å². The lowest BCUT2D eigenvalue weighted by atomic mass is 9.73. The number of carbonyl (C=O) groups excluding carboxylic acids is 2. The average Bonchev–Trinajstić information content (AvgIpc) is 2.68. The number of ketones is 2. The molecule has 0 aliphatic carbocycles. The molecular formula is C24H20O3. The Morgan fingerprint density at radius 1 is 0.852 bits per heavy atom. The van der Waals surface area contributed by atoms with Gasteiger partial charge in [-0.15, -0.1) is 0 Å². The van der Waals surface area contributed by atoms with Crippen molar-refractivity contribution in [3.63, 3.8) is 0 Å². The monoisotopic (exact) mass is 356 g/mol. The number of benzene rings is 3. The molecule has 0 spiro atoms. The summed E-state index contributed by atoms with van der Waals surface area (Å²) in [6.07, 6.45) is 0. The maximum atomic E-state index is 13.3. The highest BCUT2D eigenvalue weighted by molar-refractivity contribution is 6.11. The molecular weight excluding hydrogens is 336 g/mol. The Hall–Kier alpha value is -3.20. The second-order valence-corrected chi connectivity index (χ2v) is 6.98. The van der Waals surface area contributed by atoms with Crippen LogP contribution in [-0.4, -0.2) is 11.6 Å². The molecule has 0 bridgehead atoms. The van der Waals surface area contributed by atoms with Gasteiger partial charge in [0.1, 0.15) is 17.3 Å². The van der Waals surface area contributed by atoms with Crippen LogP contribution in [0.5, 0.6) is 11.5 Å². The SMILES string of the molecule is CC(=O)[C@@H](C(=O)c1ccccc1)[C@H]1c2ccccc2Oc2ccc(C)cc21. The van der Waals surface area contributed by atoms with Gasteiger partial charge in [0.2, 0.25) is 0 Å². The maximum absolute atomic E-state index is 13.3. The molecule has 0 saturated carbocycles. The third kappa shape index (κ3) is 3.06. The van der Waals surface area contributed by atoms with E-state index in [2.05, 4.69) is 0 Å². The summed E-state index contributed by atoms with van der Waals surface area (Å²) in [4.78, 5) is 26.0. The fourth-order valence-corrected chi connectivity index (χ4v) is 3.83. The van der Waals surface area contributed by atoms with Crippen LogP contribution in [0.15, 0.2) is 72.8 Å². The summed E-state index contributed by atoms with van der Waals surface area (Å²) in [6.45, 7) is 3.50. The summed E-state index contributed by atoms with van der Waals surface area (Å²) in [5.41, 5.74) is 3.38. The Morgan fingerprint density at radius 3 is 2.26 bits per heavy atom. The van der Waals surface area contributed by atoms with Gasteiger partial charge in [0.15, 0.2) is 5.78 Å². The number of aryl methyl sites for hydroxylation is 1. The van der Waals surface area contributed by atoms with Crippen LogP contribution in [0.4, 0.5) is 0 Å². The normalized spacial score (nSPS) is 15.9. The molecule has 0 radical (unpaired) electrons. The van der Waals surface area contributed by atoms with Crippen molar-refractivity contribution in [2.45, 2.75) is 19.8 Å². The Kier molecular flexibility index (Phi) is 4.36. The van der Waals surface area contributed by atoms with E-state index in [-0.39, 0.29) is 17.5 Å². The van der Waals surface area contributed by atoms with Crippen molar-refractivity contribution >= 4 is 11.6 Å². The van der Waals surface area contributed by atoms with E-state index in [1.54, 1.807) is 12.1 Å². The molecule has 0 unspecified atom stereocenters. The predicted octanol–water partition coefficient (Wildman–Crippen LogP) is 5.32. The van der Waals surface area contributed by atoms with Crippen molar-refractivity contribution in [2.75, 3.05) is 0 Å². The third-order valence-corrected chi connectivity index (χ3v) is 5.09. The van der Waals surface area contributed by atoms with Crippen molar-refractivity contribution in [1.82, 2.24) is 0 Å². The molecule has 0 saturated heterocycles. The maximum Gasteiger partial charge on any atom is 0.174 e. The van der Waals surface area contributed by atoms with E-state index in [1.807, 2.05) is 67.6 Å². The predicted molar refractivity (Wildman–Crippen MR) is 104 cm³/mol. The first-order valence-corrected chi connectivity index (χ1v) is 9.03. The molecule has 1 heterocycles. The standard InChI is InChI=1S/C24H20O3/c1-15-12-13-21-19(14-15)23(18-10-6-7-11-20(18)27-21)22(16(2)25)24(26)17-8-4-3-5-9-17/h3-14,22-23H,1-2H3/t22-,23+/m1/s1. The fraction of sp³-hybridized carbons (Fsp3) is 0.167. The number of Topliss-reactive ketones (excluding diaryl/α,β-unsaturated/α-hetero) is 2. The second-order valence-electron chi connectivity index (χ2n) is 6.98. The van der Waals surface area contributed by atoms with E-state index in [0.717, 1.165) is 16.7 Å². The van der Waals surface area contributed by atoms with Crippen LogP contribution in [-0.2, 0) is 4.79 Å². The van der Waals surface area contributed by atoms with Gasteiger partial charge in [-0.05, 0) is 26.0 Å². The second kappa shape index (κ2) is 6.84. The van der Waals surface area contributed by atoms with Gasteiger partial charge in [-0.25, -0.2) is 0 Å². The van der Waals surface area contributed by atoms with E-state index in [4.69, 9.17) is 4.74 Å². The number of carbonyl (C=O) groups is 2. The minimum atomic E-state index is -0.794. The zero-order chi connectivity index (χ0) is 19.0. The van der Waals surface area contributed by atoms with Crippen molar-refractivity contribution in [1.29, 1.82) is 0 Å². The molecule has 1 aliphatic heterocycles. The van der Waals surface area contributed by atoms with Gasteiger partial charge >= 0.3 is 0 Å². The summed E-state index contributed by atoms with van der Waals surface area (Å²) < 4.78 is 6.06. The largest absolute Gasteiger partial charge is 0.457 e. The lowest BCUT2D eigenvalue weighted by molar-refractivity contribution is -0.119. The topological polar surface area (TPSA) is 43.4 Å². The molecule has 2 atom stereocenters. The van der Waals surface area contributed by atoms with Crippen LogP contribution in [0.2, 0.25) is 0 Å². The molecule has 27 heavy (non-hydrogen) atoms. The van der Waals surface area contributed by atoms with Gasteiger partial charge in [-0.2, -0.15) is 0 Å². The van der Waals surface area contributed by atoms with Gasteiger partial charge in [0.05, 0.1) is 5.92 Å². The zero-order valence-corrected chi connectivity index (χ0v) is 15.3. The summed E-state index contributed by atoms with van der Waals surface area (Å²) >= 11 is 0. The number of para-hydroxylation sites is 1. The molecule has 0 amide bonds. The number of hydrogen-bond acceptors (Lipinski definition) is 3. The highest BCUT2D eigenvalue weighted by Gasteiger charge is 2.40. The first-order valence-electron chi connectivity index (χ1n) is 9.03. The van der Waals surface area contributed by atoms with Crippen molar-refractivity contribution in [3.8, 4) is 11.5 Å². The van der Waals surface area contributed by atoms with Crippen LogP contribution in [0.3, 0.4) is 0 Å². The minimum Gasteiger partial charge on any atom is -0.457 e.